The van der Waals surface area contributed by atoms with Gasteiger partial charge >= 0.3 is 0 Å². The van der Waals surface area contributed by atoms with Gasteiger partial charge in [-0.25, -0.2) is 8.42 Å². The molecule has 0 radical (unpaired) electrons. The predicted molar refractivity (Wildman–Crippen MR) is 160 cm³/mol. The molecule has 1 N–H and O–H groups in total. The third-order valence-electron chi connectivity index (χ3n) is 6.06. The van der Waals surface area contributed by atoms with Crippen molar-refractivity contribution in [2.75, 3.05) is 17.4 Å². The summed E-state index contributed by atoms with van der Waals surface area (Å²) >= 11 is 15.8. The van der Waals surface area contributed by atoms with E-state index in [0.29, 0.717) is 32.3 Å². The smallest absolute Gasteiger partial charge is 0.264 e. The summed E-state index contributed by atoms with van der Waals surface area (Å²) < 4.78 is 29.4. The molecule has 0 aromatic heterocycles. The molecule has 7 nitrogen and oxygen atoms in total. The van der Waals surface area contributed by atoms with Gasteiger partial charge in [-0.1, -0.05) is 75.9 Å². The molecule has 0 heterocycles. The molecule has 3 rings (SSSR count). The van der Waals surface area contributed by atoms with Gasteiger partial charge in [0, 0.05) is 27.6 Å². The zero-order valence-electron chi connectivity index (χ0n) is 21.8. The second-order valence-electron chi connectivity index (χ2n) is 9.03. The molecule has 2 amide bonds. The molecular weight excluding hydrogens is 625 g/mol. The second-order valence-corrected chi connectivity index (χ2v) is 12.7. The highest BCUT2D eigenvalue weighted by atomic mass is 79.9. The highest BCUT2D eigenvalue weighted by Gasteiger charge is 2.32. The number of carbonyl (C=O) groups is 2. The Bertz CT molecular complexity index is 1430. The van der Waals surface area contributed by atoms with Crippen LogP contribution in [-0.2, 0) is 26.2 Å². The van der Waals surface area contributed by atoms with Crippen LogP contribution in [0.5, 0.6) is 0 Å². The van der Waals surface area contributed by atoms with E-state index in [1.165, 1.54) is 17.0 Å². The standard InChI is InChI=1S/C28H30BrCl2N3O4S/c1-4-14-32-28(36)20(3)33(17-21-10-11-23(30)16-26(21)31)27(35)18-34(24-7-5-6-22(29)15-24)39(37,38)25-12-8-19(2)9-13-25/h5-13,15-16,20H,4,14,17-18H2,1-3H3,(H,32,36). The Labute approximate surface area is 248 Å². The lowest BCUT2D eigenvalue weighted by atomic mass is 10.1. The molecule has 0 aliphatic heterocycles. The van der Waals surface area contributed by atoms with Crippen LogP contribution in [0.1, 0.15) is 31.4 Å². The number of hydrogen-bond acceptors (Lipinski definition) is 4. The molecule has 3 aromatic rings. The molecule has 0 aliphatic carbocycles. The summed E-state index contributed by atoms with van der Waals surface area (Å²) in [5.41, 5.74) is 1.77. The largest absolute Gasteiger partial charge is 0.354 e. The van der Waals surface area contributed by atoms with E-state index in [9.17, 15) is 18.0 Å². The van der Waals surface area contributed by atoms with Crippen LogP contribution in [0.15, 0.2) is 76.1 Å². The van der Waals surface area contributed by atoms with Crippen LogP contribution in [0.4, 0.5) is 5.69 Å². The van der Waals surface area contributed by atoms with E-state index in [1.54, 1.807) is 61.5 Å². The van der Waals surface area contributed by atoms with E-state index in [1.807, 2.05) is 13.8 Å². The molecule has 1 atom stereocenters. The average Bonchev–Trinajstić information content (AvgIpc) is 2.89. The van der Waals surface area contributed by atoms with Crippen molar-refractivity contribution in [2.24, 2.45) is 0 Å². The normalized spacial score (nSPS) is 12.1. The first-order valence-electron chi connectivity index (χ1n) is 12.3. The number of aryl methyl sites for hydroxylation is 1. The van der Waals surface area contributed by atoms with Crippen molar-refractivity contribution in [3.8, 4) is 0 Å². The van der Waals surface area contributed by atoms with Crippen LogP contribution < -0.4 is 9.62 Å². The van der Waals surface area contributed by atoms with Gasteiger partial charge in [-0.2, -0.15) is 0 Å². The number of hydrogen-bond donors (Lipinski definition) is 1. The van der Waals surface area contributed by atoms with Crippen molar-refractivity contribution in [2.45, 2.75) is 44.7 Å². The van der Waals surface area contributed by atoms with Crippen molar-refractivity contribution >= 4 is 66.7 Å². The number of nitrogens with one attached hydrogen (secondary N) is 1. The van der Waals surface area contributed by atoms with E-state index in [-0.39, 0.29) is 17.3 Å². The second kappa shape index (κ2) is 13.7. The molecule has 0 saturated carbocycles. The lowest BCUT2D eigenvalue weighted by Gasteiger charge is -2.32. The van der Waals surface area contributed by atoms with Gasteiger partial charge in [-0.05, 0) is 68.3 Å². The van der Waals surface area contributed by atoms with Gasteiger partial charge in [-0.15, -0.1) is 0 Å². The quantitative estimate of drug-likeness (QED) is 0.267. The van der Waals surface area contributed by atoms with Crippen LogP contribution >= 0.6 is 39.1 Å². The van der Waals surface area contributed by atoms with Gasteiger partial charge in [0.2, 0.25) is 11.8 Å². The summed E-state index contributed by atoms with van der Waals surface area (Å²) in [6.07, 6.45) is 0.723. The number of amides is 2. The van der Waals surface area contributed by atoms with E-state index >= 15 is 0 Å². The van der Waals surface area contributed by atoms with Crippen LogP contribution in [0, 0.1) is 6.92 Å². The Morgan fingerprint density at radius 3 is 2.33 bits per heavy atom. The summed E-state index contributed by atoms with van der Waals surface area (Å²) in [5.74, 6) is -0.929. The van der Waals surface area contributed by atoms with Gasteiger partial charge in [-0.3, -0.25) is 13.9 Å². The zero-order chi connectivity index (χ0) is 28.7. The first-order valence-corrected chi connectivity index (χ1v) is 15.3. The molecule has 1 unspecified atom stereocenters. The number of sulfonamides is 1. The first kappa shape index (κ1) is 30.9. The van der Waals surface area contributed by atoms with Crippen molar-refractivity contribution < 1.29 is 18.0 Å². The van der Waals surface area contributed by atoms with Crippen LogP contribution in [0.25, 0.3) is 0 Å². The van der Waals surface area contributed by atoms with Crippen molar-refractivity contribution in [1.29, 1.82) is 0 Å². The highest BCUT2D eigenvalue weighted by Crippen LogP contribution is 2.28. The van der Waals surface area contributed by atoms with Crippen LogP contribution in [-0.4, -0.2) is 44.3 Å². The van der Waals surface area contributed by atoms with Gasteiger partial charge < -0.3 is 10.2 Å². The molecule has 3 aromatic carbocycles. The first-order chi connectivity index (χ1) is 18.4. The Balaban J connectivity index is 2.04. The van der Waals surface area contributed by atoms with Crippen molar-refractivity contribution in [3.63, 3.8) is 0 Å². The number of anilines is 1. The third kappa shape index (κ3) is 7.97. The van der Waals surface area contributed by atoms with E-state index in [2.05, 4.69) is 21.2 Å². The Morgan fingerprint density at radius 2 is 1.72 bits per heavy atom. The summed E-state index contributed by atoms with van der Waals surface area (Å²) in [6, 6.07) is 17.1. The highest BCUT2D eigenvalue weighted by molar-refractivity contribution is 9.10. The zero-order valence-corrected chi connectivity index (χ0v) is 25.7. The molecule has 11 heteroatoms. The fraction of sp³-hybridized carbons (Fsp3) is 0.286. The fourth-order valence-corrected chi connectivity index (χ4v) is 6.07. The molecular formula is C28H30BrCl2N3O4S. The van der Waals surface area contributed by atoms with Gasteiger partial charge in [0.15, 0.2) is 0 Å². The Hall–Kier alpha value is -2.59. The molecule has 0 bridgehead atoms. The lowest BCUT2D eigenvalue weighted by Crippen LogP contribution is -2.51. The van der Waals surface area contributed by atoms with Crippen molar-refractivity contribution in [3.05, 3.63) is 92.4 Å². The minimum Gasteiger partial charge on any atom is -0.354 e. The summed E-state index contributed by atoms with van der Waals surface area (Å²) in [5, 5.41) is 3.57. The number of halogens is 3. The predicted octanol–water partition coefficient (Wildman–Crippen LogP) is 6.20. The summed E-state index contributed by atoms with van der Waals surface area (Å²) in [4.78, 5) is 28.2. The van der Waals surface area contributed by atoms with E-state index in [0.717, 1.165) is 16.3 Å². The SMILES string of the molecule is CCCNC(=O)C(C)N(Cc1ccc(Cl)cc1Cl)C(=O)CN(c1cccc(Br)c1)S(=O)(=O)c1ccc(C)cc1. The van der Waals surface area contributed by atoms with Crippen LogP contribution in [0.3, 0.4) is 0 Å². The van der Waals surface area contributed by atoms with Gasteiger partial charge in [0.05, 0.1) is 10.6 Å². The maximum atomic E-state index is 13.9. The third-order valence-corrected chi connectivity index (χ3v) is 8.92. The fourth-order valence-electron chi connectivity index (χ4n) is 3.81. The molecule has 0 fully saturated rings. The van der Waals surface area contributed by atoms with E-state index < -0.39 is 28.5 Å². The lowest BCUT2D eigenvalue weighted by molar-refractivity contribution is -0.139. The Morgan fingerprint density at radius 1 is 1.03 bits per heavy atom. The Kier molecular flexibility index (Phi) is 10.8. The van der Waals surface area contributed by atoms with E-state index in [4.69, 9.17) is 23.2 Å². The minimum absolute atomic E-state index is 0.0214. The number of carbonyl (C=O) groups excluding carboxylic acids is 2. The summed E-state index contributed by atoms with van der Waals surface area (Å²) in [6.45, 7) is 5.27. The van der Waals surface area contributed by atoms with Crippen LogP contribution in [0.2, 0.25) is 10.0 Å². The van der Waals surface area contributed by atoms with Crippen molar-refractivity contribution in [1.82, 2.24) is 10.2 Å². The maximum absolute atomic E-state index is 13.9. The summed E-state index contributed by atoms with van der Waals surface area (Å²) in [7, 11) is -4.14. The molecule has 0 aliphatic rings. The monoisotopic (exact) mass is 653 g/mol. The maximum Gasteiger partial charge on any atom is 0.264 e. The molecule has 0 spiro atoms. The topological polar surface area (TPSA) is 86.8 Å². The minimum atomic E-state index is -4.14. The number of benzene rings is 3. The van der Waals surface area contributed by atoms with Gasteiger partial charge in [0.1, 0.15) is 12.6 Å². The molecule has 0 saturated heterocycles. The molecule has 208 valence electrons. The molecule has 39 heavy (non-hydrogen) atoms. The van der Waals surface area contributed by atoms with Gasteiger partial charge in [0.25, 0.3) is 10.0 Å². The average molecular weight is 655 g/mol. The number of nitrogens with zero attached hydrogens (tertiary/aromatic N) is 2. The number of rotatable bonds is 11.